The van der Waals surface area contributed by atoms with Gasteiger partial charge in [-0.15, -0.1) is 0 Å². The van der Waals surface area contributed by atoms with Crippen LogP contribution in [-0.2, 0) is 14.1 Å². The van der Waals surface area contributed by atoms with Gasteiger partial charge in [-0.05, 0) is 19.3 Å². The van der Waals surface area contributed by atoms with Crippen LogP contribution in [0.25, 0.3) is 0 Å². The predicted molar refractivity (Wildman–Crippen MR) is 58.1 cm³/mol. The lowest BCUT2D eigenvalue weighted by atomic mass is 9.94. The topological polar surface area (TPSA) is 63.6 Å². The molecule has 0 heterocycles. The van der Waals surface area contributed by atoms with Gasteiger partial charge in [-0.25, -0.2) is 0 Å². The summed E-state index contributed by atoms with van der Waals surface area (Å²) in [4.78, 5) is 11.6. The quantitative estimate of drug-likeness (QED) is 0.539. The summed E-state index contributed by atoms with van der Waals surface area (Å²) in [6, 6.07) is 0. The molecule has 0 aromatic carbocycles. The van der Waals surface area contributed by atoms with Gasteiger partial charge in [-0.2, -0.15) is 0 Å². The number of ether oxygens (including phenoxy) is 1. The second-order valence-corrected chi connectivity index (χ2v) is 4.72. The second kappa shape index (κ2) is 7.77. The molecule has 0 radical (unpaired) electrons. The van der Waals surface area contributed by atoms with Crippen molar-refractivity contribution >= 4 is 14.4 Å². The molecule has 0 amide bonds. The van der Waals surface area contributed by atoms with Crippen molar-refractivity contribution in [1.29, 1.82) is 0 Å². The van der Waals surface area contributed by atoms with E-state index in [-0.39, 0.29) is 21.0 Å². The van der Waals surface area contributed by atoms with Crippen LogP contribution in [0.15, 0.2) is 0 Å². The zero-order chi connectivity index (χ0) is 11.8. The van der Waals surface area contributed by atoms with E-state index < -0.39 is 11.6 Å². The van der Waals surface area contributed by atoms with Gasteiger partial charge >= 0.3 is 5.97 Å². The van der Waals surface area contributed by atoms with Crippen molar-refractivity contribution in [2.45, 2.75) is 32.9 Å². The van der Waals surface area contributed by atoms with E-state index in [0.717, 1.165) is 0 Å². The summed E-state index contributed by atoms with van der Waals surface area (Å²) in [6.07, 6.45) is 0.583. The van der Waals surface area contributed by atoms with Gasteiger partial charge in [0.2, 0.25) is 0 Å². The number of rotatable bonds is 7. The molecule has 0 rings (SSSR count). The van der Waals surface area contributed by atoms with Gasteiger partial charge in [-0.3, -0.25) is 9.36 Å². The van der Waals surface area contributed by atoms with Gasteiger partial charge in [0.1, 0.15) is 0 Å². The van der Waals surface area contributed by atoms with Crippen LogP contribution >= 0.6 is 8.46 Å². The number of aliphatic hydroxyl groups excluding tert-OH is 1. The first-order valence-electron chi connectivity index (χ1n) is 5.16. The van der Waals surface area contributed by atoms with E-state index in [2.05, 4.69) is 0 Å². The van der Waals surface area contributed by atoms with Gasteiger partial charge in [-0.1, -0.05) is 13.8 Å². The molecule has 5 heteroatoms. The van der Waals surface area contributed by atoms with Crippen molar-refractivity contribution in [1.82, 2.24) is 0 Å². The van der Waals surface area contributed by atoms with E-state index in [9.17, 15) is 9.36 Å². The predicted octanol–water partition coefficient (Wildman–Crippen LogP) is 1.86. The van der Waals surface area contributed by atoms with Crippen LogP contribution in [-0.4, -0.2) is 29.9 Å². The van der Waals surface area contributed by atoms with E-state index in [1.54, 1.807) is 6.92 Å². The Kier molecular flexibility index (Phi) is 7.53. The van der Waals surface area contributed by atoms with Crippen molar-refractivity contribution in [2.75, 3.05) is 13.2 Å². The lowest BCUT2D eigenvalue weighted by Gasteiger charge is -2.20. The fourth-order valence-electron chi connectivity index (χ4n) is 1.40. The Morgan fingerprint density at radius 3 is 2.40 bits per heavy atom. The zero-order valence-electron chi connectivity index (χ0n) is 9.47. The maximum atomic E-state index is 11.6. The highest BCUT2D eigenvalue weighted by molar-refractivity contribution is 7.24. The average Bonchev–Trinajstić information content (AvgIpc) is 2.18. The molecule has 0 spiro atoms. The number of hydrogen-bond donors (Lipinski definition) is 1. The highest BCUT2D eigenvalue weighted by Gasteiger charge is 2.30. The molecule has 0 bridgehead atoms. The Bertz CT molecular complexity index is 206. The first kappa shape index (κ1) is 14.5. The molecular weight excluding hydrogens is 215 g/mol. The summed E-state index contributed by atoms with van der Waals surface area (Å²) in [5.74, 6) is -0.544. The largest absolute Gasteiger partial charge is 0.466 e. The van der Waals surface area contributed by atoms with Crippen LogP contribution in [0.1, 0.15) is 27.2 Å². The Labute approximate surface area is 92.2 Å². The Morgan fingerprint density at radius 2 is 2.07 bits per heavy atom. The monoisotopic (exact) mass is 234 g/mol. The molecule has 0 saturated carbocycles. The summed E-state index contributed by atoms with van der Waals surface area (Å²) in [7, 11) is -0.201. The van der Waals surface area contributed by atoms with Gasteiger partial charge in [0.05, 0.1) is 24.8 Å². The highest BCUT2D eigenvalue weighted by Crippen LogP contribution is 2.25. The molecular formula is C10H19O4P. The number of esters is 1. The zero-order valence-corrected chi connectivity index (χ0v) is 10.4. The summed E-state index contributed by atoms with van der Waals surface area (Å²) in [5, 5.41) is 9.01. The minimum absolute atomic E-state index is 0.201. The average molecular weight is 234 g/mol. The molecule has 4 nitrogen and oxygen atoms in total. The highest BCUT2D eigenvalue weighted by atomic mass is 31.1. The fourth-order valence-corrected chi connectivity index (χ4v) is 1.86. The number of carbonyl (C=O) groups is 1. The molecule has 2 atom stereocenters. The first-order valence-corrected chi connectivity index (χ1v) is 6.04. The number of hydrogen-bond acceptors (Lipinski definition) is 4. The van der Waals surface area contributed by atoms with Crippen molar-refractivity contribution in [3.63, 3.8) is 0 Å². The normalized spacial score (nSPS) is 15.3. The van der Waals surface area contributed by atoms with E-state index in [1.165, 1.54) is 0 Å². The minimum atomic E-state index is -0.550. The molecule has 0 aromatic heterocycles. The van der Waals surface area contributed by atoms with Crippen molar-refractivity contribution < 1.29 is 19.2 Å². The van der Waals surface area contributed by atoms with Crippen LogP contribution in [0.4, 0.5) is 0 Å². The van der Waals surface area contributed by atoms with Crippen LogP contribution in [0.2, 0.25) is 0 Å². The van der Waals surface area contributed by atoms with Gasteiger partial charge < -0.3 is 9.84 Å². The van der Waals surface area contributed by atoms with E-state index in [1.807, 2.05) is 13.8 Å². The SMILES string of the molecule is CCOC(=O)C(CC(C)C)C(CO)P=O. The molecule has 88 valence electrons. The molecule has 0 aliphatic rings. The fraction of sp³-hybridized carbons (Fsp3) is 0.900. The van der Waals surface area contributed by atoms with E-state index in [4.69, 9.17) is 9.84 Å². The van der Waals surface area contributed by atoms with Gasteiger partial charge in [0.25, 0.3) is 0 Å². The second-order valence-electron chi connectivity index (χ2n) is 3.84. The maximum Gasteiger partial charge on any atom is 0.310 e. The van der Waals surface area contributed by atoms with Gasteiger partial charge in [0.15, 0.2) is 8.46 Å². The van der Waals surface area contributed by atoms with Crippen LogP contribution in [0.3, 0.4) is 0 Å². The van der Waals surface area contributed by atoms with Crippen molar-refractivity contribution in [3.05, 3.63) is 0 Å². The lowest BCUT2D eigenvalue weighted by molar-refractivity contribution is -0.149. The van der Waals surface area contributed by atoms with Crippen molar-refractivity contribution in [2.24, 2.45) is 11.8 Å². The van der Waals surface area contributed by atoms with Crippen LogP contribution in [0, 0.1) is 11.8 Å². The molecule has 15 heavy (non-hydrogen) atoms. The lowest BCUT2D eigenvalue weighted by Crippen LogP contribution is -2.30. The third-order valence-corrected chi connectivity index (χ3v) is 2.90. The molecule has 2 unspecified atom stereocenters. The Morgan fingerprint density at radius 1 is 1.47 bits per heavy atom. The van der Waals surface area contributed by atoms with Crippen LogP contribution in [0.5, 0.6) is 0 Å². The van der Waals surface area contributed by atoms with Gasteiger partial charge in [0, 0.05) is 0 Å². The van der Waals surface area contributed by atoms with Crippen molar-refractivity contribution in [3.8, 4) is 0 Å². The third-order valence-electron chi connectivity index (χ3n) is 2.10. The van der Waals surface area contributed by atoms with E-state index >= 15 is 0 Å². The maximum absolute atomic E-state index is 11.6. The first-order chi connectivity index (χ1) is 7.06. The molecule has 0 aliphatic carbocycles. The smallest absolute Gasteiger partial charge is 0.310 e. The summed E-state index contributed by atoms with van der Waals surface area (Å²) in [5.41, 5.74) is -0.550. The summed E-state index contributed by atoms with van der Waals surface area (Å²) >= 11 is 0. The number of carbonyl (C=O) groups excluding carboxylic acids is 1. The molecule has 0 aromatic rings. The third kappa shape index (κ3) is 5.24. The number of aliphatic hydroxyl groups is 1. The molecule has 0 fully saturated rings. The molecule has 1 N–H and O–H groups in total. The van der Waals surface area contributed by atoms with E-state index in [0.29, 0.717) is 18.9 Å². The standard InChI is InChI=1S/C10H19O4P/c1-4-14-10(12)8(5-7(2)3)9(6-11)15-13/h7-9,11H,4-6H2,1-3H3. The Hall–Kier alpha value is -0.470. The minimum Gasteiger partial charge on any atom is -0.466 e. The summed E-state index contributed by atoms with van der Waals surface area (Å²) in [6.45, 7) is 5.72. The molecule has 0 aliphatic heterocycles. The molecule has 0 saturated heterocycles. The van der Waals surface area contributed by atoms with Crippen LogP contribution < -0.4 is 0 Å². The summed E-state index contributed by atoms with van der Waals surface area (Å²) < 4.78 is 15.7. The Balaban J connectivity index is 4.54.